The summed E-state index contributed by atoms with van der Waals surface area (Å²) in [5.41, 5.74) is 1.53. The molecule has 1 N–H and O–H groups in total. The van der Waals surface area contributed by atoms with Crippen molar-refractivity contribution in [1.82, 2.24) is 15.2 Å². The lowest BCUT2D eigenvalue weighted by Crippen LogP contribution is -2.44. The highest BCUT2D eigenvalue weighted by molar-refractivity contribution is 7.17. The smallest absolute Gasteiger partial charge is 0.265 e. The molecule has 1 aromatic carbocycles. The van der Waals surface area contributed by atoms with Crippen molar-refractivity contribution < 1.29 is 14.0 Å². The highest BCUT2D eigenvalue weighted by Crippen LogP contribution is 2.31. The Balaban J connectivity index is 1.32. The predicted molar refractivity (Wildman–Crippen MR) is 130 cm³/mol. The first-order valence-electron chi connectivity index (χ1n) is 12.3. The molecular formula is C26H34FN3O2S. The summed E-state index contributed by atoms with van der Waals surface area (Å²) in [6.45, 7) is 5.21. The van der Waals surface area contributed by atoms with Gasteiger partial charge in [-0.2, -0.15) is 0 Å². The maximum Gasteiger partial charge on any atom is 0.265 e. The average molecular weight is 472 g/mol. The van der Waals surface area contributed by atoms with Crippen molar-refractivity contribution in [2.24, 2.45) is 11.8 Å². The summed E-state index contributed by atoms with van der Waals surface area (Å²) in [4.78, 5) is 33.1. The third-order valence-electron chi connectivity index (χ3n) is 7.23. The lowest BCUT2D eigenvalue weighted by atomic mass is 9.84. The molecule has 178 valence electrons. The van der Waals surface area contributed by atoms with Crippen LogP contribution in [-0.2, 0) is 4.79 Å². The zero-order valence-electron chi connectivity index (χ0n) is 19.6. The van der Waals surface area contributed by atoms with E-state index in [1.807, 2.05) is 18.7 Å². The minimum absolute atomic E-state index is 0.00683. The molecule has 0 bridgehead atoms. The van der Waals surface area contributed by atoms with E-state index in [9.17, 15) is 14.0 Å². The van der Waals surface area contributed by atoms with Crippen molar-refractivity contribution in [3.8, 4) is 10.6 Å². The molecule has 1 aliphatic carbocycles. The van der Waals surface area contributed by atoms with Gasteiger partial charge in [-0.3, -0.25) is 9.59 Å². The number of hydrogen-bond acceptors (Lipinski definition) is 4. The van der Waals surface area contributed by atoms with Crippen LogP contribution < -0.4 is 5.32 Å². The lowest BCUT2D eigenvalue weighted by Gasteiger charge is -2.34. The molecule has 1 aliphatic heterocycles. The number of hydrogen-bond donors (Lipinski definition) is 1. The lowest BCUT2D eigenvalue weighted by molar-refractivity contribution is -0.127. The Morgan fingerprint density at radius 1 is 1.06 bits per heavy atom. The van der Waals surface area contributed by atoms with Crippen LogP contribution in [-0.4, -0.2) is 40.8 Å². The number of amides is 2. The Morgan fingerprint density at radius 3 is 2.33 bits per heavy atom. The first kappa shape index (κ1) is 23.9. The number of aromatic nitrogens is 1. The van der Waals surface area contributed by atoms with E-state index in [0.717, 1.165) is 36.3 Å². The molecule has 2 amide bonds. The second-order valence-electron chi connectivity index (χ2n) is 9.56. The molecule has 2 aliphatic rings. The second-order valence-corrected chi connectivity index (χ2v) is 10.6. The molecular weight excluding hydrogens is 437 g/mol. The van der Waals surface area contributed by atoms with Gasteiger partial charge < -0.3 is 10.2 Å². The molecule has 1 saturated heterocycles. The monoisotopic (exact) mass is 471 g/mol. The van der Waals surface area contributed by atoms with E-state index in [-0.39, 0.29) is 23.5 Å². The Kier molecular flexibility index (Phi) is 7.78. The molecule has 33 heavy (non-hydrogen) atoms. The number of halogens is 1. The number of nitrogens with one attached hydrogen (secondary N) is 1. The first-order valence-corrected chi connectivity index (χ1v) is 13.1. The summed E-state index contributed by atoms with van der Waals surface area (Å²) in [7, 11) is 0. The van der Waals surface area contributed by atoms with Gasteiger partial charge in [0.2, 0.25) is 5.91 Å². The SMILES string of the molecule is Cc1nc(-c2ccc(F)cc2)sc1C(=O)N1CCC([C@H](C)C(=O)NC2CCCCCC2)CC1. The first-order chi connectivity index (χ1) is 15.9. The zero-order valence-corrected chi connectivity index (χ0v) is 20.4. The van der Waals surface area contributed by atoms with Crippen LogP contribution in [0.1, 0.15) is 73.7 Å². The van der Waals surface area contributed by atoms with Crippen molar-refractivity contribution in [1.29, 1.82) is 0 Å². The normalized spacial score (nSPS) is 19.2. The molecule has 1 saturated carbocycles. The summed E-state index contributed by atoms with van der Waals surface area (Å²) in [6, 6.07) is 6.52. The van der Waals surface area contributed by atoms with Gasteiger partial charge in [0.05, 0.1) is 5.69 Å². The number of thiazole rings is 1. The van der Waals surface area contributed by atoms with Gasteiger partial charge in [-0.05, 0) is 62.8 Å². The summed E-state index contributed by atoms with van der Waals surface area (Å²) >= 11 is 1.36. The maximum absolute atomic E-state index is 13.2. The van der Waals surface area contributed by atoms with Crippen molar-refractivity contribution in [2.75, 3.05) is 13.1 Å². The summed E-state index contributed by atoms with van der Waals surface area (Å²) in [5, 5.41) is 4.03. The van der Waals surface area contributed by atoms with Crippen LogP contribution in [0.15, 0.2) is 24.3 Å². The molecule has 2 aromatic rings. The van der Waals surface area contributed by atoms with Gasteiger partial charge in [0.25, 0.3) is 5.91 Å². The number of rotatable bonds is 5. The van der Waals surface area contributed by atoms with Crippen molar-refractivity contribution in [2.45, 2.75) is 71.3 Å². The van der Waals surface area contributed by atoms with Crippen LogP contribution in [0.5, 0.6) is 0 Å². The van der Waals surface area contributed by atoms with E-state index in [2.05, 4.69) is 10.3 Å². The van der Waals surface area contributed by atoms with E-state index in [0.29, 0.717) is 35.6 Å². The van der Waals surface area contributed by atoms with Crippen LogP contribution in [0.3, 0.4) is 0 Å². The molecule has 5 nitrogen and oxygen atoms in total. The number of piperidine rings is 1. The van der Waals surface area contributed by atoms with Crippen molar-refractivity contribution >= 4 is 23.2 Å². The number of aryl methyl sites for hydroxylation is 1. The number of carbonyl (C=O) groups is 2. The summed E-state index contributed by atoms with van der Waals surface area (Å²) in [6.07, 6.45) is 8.85. The number of likely N-dealkylation sites (tertiary alicyclic amines) is 1. The van der Waals surface area contributed by atoms with Crippen LogP contribution in [0.2, 0.25) is 0 Å². The minimum atomic E-state index is -0.289. The fraction of sp³-hybridized carbons (Fsp3) is 0.577. The minimum Gasteiger partial charge on any atom is -0.353 e. The standard InChI is InChI=1S/C26H34FN3O2S/c1-17(24(31)29-22-7-5-3-4-6-8-22)19-13-15-30(16-14-19)26(32)23-18(2)28-25(33-23)20-9-11-21(27)12-10-20/h9-12,17,19,22H,3-8,13-16H2,1-2H3,(H,29,31)/t17-/m0/s1. The maximum atomic E-state index is 13.2. The Bertz CT molecular complexity index is 958. The largest absolute Gasteiger partial charge is 0.353 e. The molecule has 0 radical (unpaired) electrons. The van der Waals surface area contributed by atoms with Crippen molar-refractivity contribution in [3.05, 3.63) is 40.7 Å². The van der Waals surface area contributed by atoms with Crippen molar-refractivity contribution in [3.63, 3.8) is 0 Å². The highest BCUT2D eigenvalue weighted by Gasteiger charge is 2.32. The molecule has 4 rings (SSSR count). The van der Waals surface area contributed by atoms with Crippen LogP contribution in [0.4, 0.5) is 4.39 Å². The predicted octanol–water partition coefficient (Wildman–Crippen LogP) is 5.58. The fourth-order valence-corrected chi connectivity index (χ4v) is 6.07. The topological polar surface area (TPSA) is 62.3 Å². The molecule has 1 aromatic heterocycles. The van der Waals surface area contributed by atoms with E-state index >= 15 is 0 Å². The van der Waals surface area contributed by atoms with Gasteiger partial charge in [-0.15, -0.1) is 11.3 Å². The third-order valence-corrected chi connectivity index (χ3v) is 8.43. The number of carbonyl (C=O) groups excluding carboxylic acids is 2. The quantitative estimate of drug-likeness (QED) is 0.579. The van der Waals surface area contributed by atoms with E-state index in [1.54, 1.807) is 12.1 Å². The van der Waals surface area contributed by atoms with E-state index < -0.39 is 0 Å². The number of benzene rings is 1. The van der Waals surface area contributed by atoms with Gasteiger partial charge in [-0.25, -0.2) is 9.37 Å². The third kappa shape index (κ3) is 5.81. The van der Waals surface area contributed by atoms with Crippen LogP contribution in [0, 0.1) is 24.6 Å². The number of nitrogens with zero attached hydrogens (tertiary/aromatic N) is 2. The Morgan fingerprint density at radius 2 is 1.70 bits per heavy atom. The van der Waals surface area contributed by atoms with E-state index in [1.165, 1.54) is 49.2 Å². The fourth-order valence-electron chi connectivity index (χ4n) is 5.03. The molecule has 1 atom stereocenters. The van der Waals surface area contributed by atoms with Gasteiger partial charge in [0.15, 0.2) is 0 Å². The second kappa shape index (κ2) is 10.8. The van der Waals surface area contributed by atoms with E-state index in [4.69, 9.17) is 0 Å². The highest BCUT2D eigenvalue weighted by atomic mass is 32.1. The molecule has 2 fully saturated rings. The van der Waals surface area contributed by atoms with Crippen LogP contribution >= 0.6 is 11.3 Å². The molecule has 0 spiro atoms. The Hall–Kier alpha value is -2.28. The summed E-state index contributed by atoms with van der Waals surface area (Å²) < 4.78 is 13.2. The van der Waals surface area contributed by atoms with Gasteiger partial charge in [0, 0.05) is 30.6 Å². The van der Waals surface area contributed by atoms with Crippen LogP contribution in [0.25, 0.3) is 10.6 Å². The summed E-state index contributed by atoms with van der Waals surface area (Å²) in [5.74, 6) is 0.169. The molecule has 2 heterocycles. The zero-order chi connectivity index (χ0) is 23.4. The van der Waals surface area contributed by atoms with Gasteiger partial charge in [0.1, 0.15) is 15.7 Å². The van der Waals surface area contributed by atoms with Gasteiger partial charge >= 0.3 is 0 Å². The Labute approximate surface area is 199 Å². The van der Waals surface area contributed by atoms with Gasteiger partial charge in [-0.1, -0.05) is 32.6 Å². The molecule has 7 heteroatoms. The average Bonchev–Trinajstić information content (AvgIpc) is 3.03. The molecule has 0 unspecified atom stereocenters.